The van der Waals surface area contributed by atoms with Gasteiger partial charge in [-0.15, -0.1) is 0 Å². The van der Waals surface area contributed by atoms with Crippen LogP contribution in [0.4, 0.5) is 0 Å². The van der Waals surface area contributed by atoms with E-state index in [0.717, 1.165) is 16.3 Å². The minimum absolute atomic E-state index is 0.121. The van der Waals surface area contributed by atoms with Gasteiger partial charge in [0.1, 0.15) is 0 Å². The average Bonchev–Trinajstić information content (AvgIpc) is 2.78. The lowest BCUT2D eigenvalue weighted by Gasteiger charge is -2.12. The van der Waals surface area contributed by atoms with Crippen LogP contribution in [0.2, 0.25) is 0 Å². The van der Waals surface area contributed by atoms with Gasteiger partial charge in [-0.25, -0.2) is 4.79 Å². The van der Waals surface area contributed by atoms with Crippen molar-refractivity contribution in [3.63, 3.8) is 0 Å². The number of aromatic nitrogens is 2. The highest BCUT2D eigenvalue weighted by Gasteiger charge is 2.11. The summed E-state index contributed by atoms with van der Waals surface area (Å²) in [5.74, 6) is 0. The lowest BCUT2D eigenvalue weighted by molar-refractivity contribution is 0.155. The molecule has 20 heavy (non-hydrogen) atoms. The van der Waals surface area contributed by atoms with Gasteiger partial charge < -0.3 is 9.67 Å². The topological polar surface area (TPSA) is 47.2 Å². The van der Waals surface area contributed by atoms with Crippen molar-refractivity contribution < 1.29 is 5.11 Å². The number of hydrogen-bond donors (Lipinski definition) is 1. The van der Waals surface area contributed by atoms with Gasteiger partial charge in [0.2, 0.25) is 0 Å². The minimum Gasteiger partial charge on any atom is -0.387 e. The van der Waals surface area contributed by atoms with Crippen molar-refractivity contribution >= 4 is 10.8 Å². The molecule has 1 unspecified atom stereocenters. The zero-order chi connectivity index (χ0) is 14.1. The van der Waals surface area contributed by atoms with Gasteiger partial charge in [0.25, 0.3) is 0 Å². The van der Waals surface area contributed by atoms with Crippen LogP contribution in [0.15, 0.2) is 59.7 Å². The first kappa shape index (κ1) is 12.7. The molecule has 0 fully saturated rings. The van der Waals surface area contributed by atoms with Gasteiger partial charge in [0.05, 0.1) is 12.6 Å². The van der Waals surface area contributed by atoms with Crippen LogP contribution in [-0.2, 0) is 13.6 Å². The number of rotatable bonds is 3. The Morgan fingerprint density at radius 3 is 2.55 bits per heavy atom. The van der Waals surface area contributed by atoms with Crippen LogP contribution >= 0.6 is 0 Å². The Labute approximate surface area is 116 Å². The summed E-state index contributed by atoms with van der Waals surface area (Å²) >= 11 is 0. The SMILES string of the molecule is Cn1ccn(CC(O)c2ccc3ccccc3c2)c1=O. The molecule has 0 saturated heterocycles. The van der Waals surface area contributed by atoms with Crippen LogP contribution in [-0.4, -0.2) is 14.2 Å². The molecule has 0 amide bonds. The number of nitrogens with zero attached hydrogens (tertiary/aromatic N) is 2. The molecule has 0 bridgehead atoms. The molecular weight excluding hydrogens is 252 g/mol. The number of aliphatic hydroxyl groups is 1. The molecule has 0 radical (unpaired) electrons. The smallest absolute Gasteiger partial charge is 0.327 e. The monoisotopic (exact) mass is 268 g/mol. The summed E-state index contributed by atoms with van der Waals surface area (Å²) in [6, 6.07) is 13.9. The van der Waals surface area contributed by atoms with Gasteiger partial charge in [-0.05, 0) is 22.4 Å². The zero-order valence-electron chi connectivity index (χ0n) is 11.2. The summed E-state index contributed by atoms with van der Waals surface area (Å²) in [4.78, 5) is 11.8. The number of aryl methyl sites for hydroxylation is 1. The Morgan fingerprint density at radius 1 is 1.10 bits per heavy atom. The Bertz CT molecular complexity index is 801. The van der Waals surface area contributed by atoms with E-state index in [-0.39, 0.29) is 12.2 Å². The van der Waals surface area contributed by atoms with Crippen LogP contribution in [0.3, 0.4) is 0 Å². The number of hydrogen-bond acceptors (Lipinski definition) is 2. The third-order valence-electron chi connectivity index (χ3n) is 3.55. The first-order chi connectivity index (χ1) is 9.65. The molecule has 0 spiro atoms. The molecule has 1 N–H and O–H groups in total. The minimum atomic E-state index is -0.695. The quantitative estimate of drug-likeness (QED) is 0.790. The van der Waals surface area contributed by atoms with Gasteiger partial charge in [0.15, 0.2) is 0 Å². The zero-order valence-corrected chi connectivity index (χ0v) is 11.2. The normalized spacial score (nSPS) is 12.7. The van der Waals surface area contributed by atoms with Gasteiger partial charge in [-0.3, -0.25) is 4.57 Å². The summed E-state index contributed by atoms with van der Waals surface area (Å²) in [6.07, 6.45) is 2.68. The second kappa shape index (κ2) is 4.98. The van der Waals surface area contributed by atoms with E-state index in [4.69, 9.17) is 0 Å². The Hall–Kier alpha value is -2.33. The van der Waals surface area contributed by atoms with Crippen LogP contribution in [0.5, 0.6) is 0 Å². The van der Waals surface area contributed by atoms with Crippen molar-refractivity contribution in [2.24, 2.45) is 7.05 Å². The average molecular weight is 268 g/mol. The molecule has 1 atom stereocenters. The van der Waals surface area contributed by atoms with Crippen molar-refractivity contribution in [2.45, 2.75) is 12.6 Å². The number of aliphatic hydroxyl groups excluding tert-OH is 1. The number of fused-ring (bicyclic) bond motifs is 1. The first-order valence-corrected chi connectivity index (χ1v) is 6.54. The molecule has 1 heterocycles. The third kappa shape index (κ3) is 2.26. The summed E-state index contributed by atoms with van der Waals surface area (Å²) < 4.78 is 3.01. The maximum Gasteiger partial charge on any atom is 0.327 e. The fraction of sp³-hybridized carbons (Fsp3) is 0.188. The van der Waals surface area contributed by atoms with Crippen molar-refractivity contribution in [3.8, 4) is 0 Å². The molecule has 3 aromatic rings. The van der Waals surface area contributed by atoms with Gasteiger partial charge in [-0.1, -0.05) is 36.4 Å². The highest BCUT2D eigenvalue weighted by atomic mass is 16.3. The van der Waals surface area contributed by atoms with E-state index in [9.17, 15) is 9.90 Å². The predicted molar refractivity (Wildman–Crippen MR) is 78.6 cm³/mol. The second-order valence-corrected chi connectivity index (χ2v) is 4.97. The van der Waals surface area contributed by atoms with Crippen molar-refractivity contribution in [2.75, 3.05) is 0 Å². The summed E-state index contributed by atoms with van der Waals surface area (Å²) in [5, 5.41) is 12.5. The third-order valence-corrected chi connectivity index (χ3v) is 3.55. The van der Waals surface area contributed by atoms with E-state index in [1.807, 2.05) is 42.5 Å². The molecule has 2 aromatic carbocycles. The van der Waals surface area contributed by atoms with Gasteiger partial charge in [0, 0.05) is 19.4 Å². The van der Waals surface area contributed by atoms with E-state index in [0.29, 0.717) is 0 Å². The molecule has 102 valence electrons. The lowest BCUT2D eigenvalue weighted by atomic mass is 10.0. The van der Waals surface area contributed by atoms with Crippen LogP contribution in [0.1, 0.15) is 11.7 Å². The van der Waals surface area contributed by atoms with Crippen molar-refractivity contribution in [1.29, 1.82) is 0 Å². The number of benzene rings is 2. The van der Waals surface area contributed by atoms with Crippen molar-refractivity contribution in [3.05, 3.63) is 70.9 Å². The second-order valence-electron chi connectivity index (χ2n) is 4.97. The molecule has 0 aliphatic heterocycles. The highest BCUT2D eigenvalue weighted by molar-refractivity contribution is 5.83. The summed E-state index contributed by atoms with van der Waals surface area (Å²) in [6.45, 7) is 0.262. The van der Waals surface area contributed by atoms with E-state index in [1.165, 1.54) is 9.13 Å². The van der Waals surface area contributed by atoms with Crippen molar-refractivity contribution in [1.82, 2.24) is 9.13 Å². The Balaban J connectivity index is 1.90. The molecule has 0 aliphatic rings. The fourth-order valence-corrected chi connectivity index (χ4v) is 2.36. The molecule has 4 nitrogen and oxygen atoms in total. The van der Waals surface area contributed by atoms with Crippen LogP contribution in [0.25, 0.3) is 10.8 Å². The molecule has 0 aliphatic carbocycles. The predicted octanol–water partition coefficient (Wildman–Crippen LogP) is 2.07. The van der Waals surface area contributed by atoms with E-state index in [1.54, 1.807) is 19.4 Å². The standard InChI is InChI=1S/C16H16N2O2/c1-17-8-9-18(16(17)20)11-15(19)14-7-6-12-4-2-3-5-13(12)10-14/h2-10,15,19H,11H2,1H3. The van der Waals surface area contributed by atoms with Crippen LogP contribution < -0.4 is 5.69 Å². The largest absolute Gasteiger partial charge is 0.387 e. The van der Waals surface area contributed by atoms with Gasteiger partial charge >= 0.3 is 5.69 Å². The molecular formula is C16H16N2O2. The Kier molecular flexibility index (Phi) is 3.16. The summed E-state index contributed by atoms with van der Waals surface area (Å²) in [5.41, 5.74) is 0.698. The summed E-state index contributed by atoms with van der Waals surface area (Å²) in [7, 11) is 1.70. The number of imidazole rings is 1. The highest BCUT2D eigenvalue weighted by Crippen LogP contribution is 2.21. The van der Waals surface area contributed by atoms with E-state index < -0.39 is 6.10 Å². The lowest BCUT2D eigenvalue weighted by Crippen LogP contribution is -2.24. The molecule has 0 saturated carbocycles. The molecule has 1 aromatic heterocycles. The van der Waals surface area contributed by atoms with Gasteiger partial charge in [-0.2, -0.15) is 0 Å². The Morgan fingerprint density at radius 2 is 1.85 bits per heavy atom. The maximum atomic E-state index is 11.8. The van der Waals surface area contributed by atoms with Crippen LogP contribution in [0, 0.1) is 0 Å². The maximum absolute atomic E-state index is 11.8. The van der Waals surface area contributed by atoms with E-state index >= 15 is 0 Å². The molecule has 3 rings (SSSR count). The van der Waals surface area contributed by atoms with E-state index in [2.05, 4.69) is 0 Å². The first-order valence-electron chi connectivity index (χ1n) is 6.54. The molecule has 4 heteroatoms. The fourth-order valence-electron chi connectivity index (χ4n) is 2.36.